The molecule has 1 N–H and O–H groups in total. The van der Waals surface area contributed by atoms with Crippen LogP contribution in [-0.2, 0) is 21.2 Å². The van der Waals surface area contributed by atoms with Crippen molar-refractivity contribution in [3.8, 4) is 11.5 Å². The highest BCUT2D eigenvalue weighted by Gasteiger charge is 2.30. The van der Waals surface area contributed by atoms with Gasteiger partial charge in [0.1, 0.15) is 11.5 Å². The SMILES string of the molecule is COc1ccc(NC(=O)COc2ccc(S(=O)(=O)N3CCc4ccccc43)cc2C)cc1. The van der Waals surface area contributed by atoms with E-state index >= 15 is 0 Å². The third-order valence-corrected chi connectivity index (χ3v) is 7.12. The Balaban J connectivity index is 1.42. The molecule has 0 fully saturated rings. The topological polar surface area (TPSA) is 84.9 Å². The summed E-state index contributed by atoms with van der Waals surface area (Å²) in [5.74, 6) is 0.831. The molecular formula is C24H24N2O5S. The van der Waals surface area contributed by atoms with Gasteiger partial charge in [-0.1, -0.05) is 18.2 Å². The van der Waals surface area contributed by atoms with Gasteiger partial charge in [0.05, 0.1) is 17.7 Å². The van der Waals surface area contributed by atoms with Gasteiger partial charge in [0, 0.05) is 12.2 Å². The number of methoxy groups -OCH3 is 1. The molecule has 0 unspecified atom stereocenters. The van der Waals surface area contributed by atoms with Gasteiger partial charge in [0.2, 0.25) is 0 Å². The molecule has 32 heavy (non-hydrogen) atoms. The van der Waals surface area contributed by atoms with Crippen LogP contribution in [-0.4, -0.2) is 34.6 Å². The molecule has 4 rings (SSSR count). The zero-order valence-electron chi connectivity index (χ0n) is 17.9. The minimum absolute atomic E-state index is 0.196. The molecule has 3 aromatic rings. The summed E-state index contributed by atoms with van der Waals surface area (Å²) in [6.45, 7) is 1.98. The number of carbonyl (C=O) groups is 1. The predicted molar refractivity (Wildman–Crippen MR) is 123 cm³/mol. The van der Waals surface area contributed by atoms with E-state index in [1.54, 1.807) is 50.4 Å². The van der Waals surface area contributed by atoms with Crippen molar-refractivity contribution < 1.29 is 22.7 Å². The van der Waals surface area contributed by atoms with Crippen molar-refractivity contribution in [2.45, 2.75) is 18.2 Å². The fraction of sp³-hybridized carbons (Fsp3) is 0.208. The third-order valence-electron chi connectivity index (χ3n) is 5.31. The highest BCUT2D eigenvalue weighted by Crippen LogP contribution is 2.33. The van der Waals surface area contributed by atoms with Gasteiger partial charge in [-0.05, 0) is 73.0 Å². The monoisotopic (exact) mass is 452 g/mol. The second kappa shape index (κ2) is 8.92. The summed E-state index contributed by atoms with van der Waals surface area (Å²) in [7, 11) is -2.11. The van der Waals surface area contributed by atoms with Crippen LogP contribution < -0.4 is 19.1 Å². The molecule has 0 saturated heterocycles. The van der Waals surface area contributed by atoms with Crippen molar-refractivity contribution in [1.29, 1.82) is 0 Å². The van der Waals surface area contributed by atoms with Crippen LogP contribution >= 0.6 is 0 Å². The normalized spacial score (nSPS) is 12.9. The van der Waals surface area contributed by atoms with Gasteiger partial charge >= 0.3 is 0 Å². The number of fused-ring (bicyclic) bond motifs is 1. The number of ether oxygens (including phenoxy) is 2. The first-order chi connectivity index (χ1) is 15.4. The third kappa shape index (κ3) is 4.40. The van der Waals surface area contributed by atoms with Gasteiger partial charge in [-0.3, -0.25) is 9.10 Å². The number of nitrogens with zero attached hydrogens (tertiary/aromatic N) is 1. The number of para-hydroxylation sites is 1. The number of carbonyl (C=O) groups excluding carboxylic acids is 1. The molecule has 0 radical (unpaired) electrons. The van der Waals surface area contributed by atoms with Gasteiger partial charge in [-0.15, -0.1) is 0 Å². The van der Waals surface area contributed by atoms with Crippen LogP contribution in [0.4, 0.5) is 11.4 Å². The van der Waals surface area contributed by atoms with Crippen molar-refractivity contribution in [2.75, 3.05) is 29.9 Å². The van der Waals surface area contributed by atoms with Crippen molar-refractivity contribution in [3.63, 3.8) is 0 Å². The van der Waals surface area contributed by atoms with Crippen LogP contribution in [0.5, 0.6) is 11.5 Å². The molecule has 8 heteroatoms. The number of nitrogens with one attached hydrogen (secondary N) is 1. The number of rotatable bonds is 7. The van der Waals surface area contributed by atoms with Crippen molar-refractivity contribution in [1.82, 2.24) is 0 Å². The average molecular weight is 453 g/mol. The minimum atomic E-state index is -3.68. The van der Waals surface area contributed by atoms with E-state index in [2.05, 4.69) is 5.32 Å². The minimum Gasteiger partial charge on any atom is -0.497 e. The molecule has 1 aliphatic rings. The van der Waals surface area contributed by atoms with E-state index in [0.29, 0.717) is 35.7 Å². The molecule has 1 amide bonds. The molecule has 1 aliphatic heterocycles. The van der Waals surface area contributed by atoms with E-state index in [1.165, 1.54) is 10.4 Å². The lowest BCUT2D eigenvalue weighted by molar-refractivity contribution is -0.118. The van der Waals surface area contributed by atoms with E-state index in [-0.39, 0.29) is 17.4 Å². The first kappa shape index (κ1) is 21.7. The van der Waals surface area contributed by atoms with E-state index in [0.717, 1.165) is 11.3 Å². The number of hydrogen-bond acceptors (Lipinski definition) is 5. The molecule has 0 aliphatic carbocycles. The standard InChI is InChI=1S/C24H24N2O5S/c1-17-15-21(32(28,29)26-14-13-18-5-3-4-6-22(18)26)11-12-23(17)31-16-24(27)25-19-7-9-20(30-2)10-8-19/h3-12,15H,13-14,16H2,1-2H3,(H,25,27). The van der Waals surface area contributed by atoms with Gasteiger partial charge in [0.25, 0.3) is 15.9 Å². The number of aryl methyl sites for hydroxylation is 1. The lowest BCUT2D eigenvalue weighted by Crippen LogP contribution is -2.29. The van der Waals surface area contributed by atoms with E-state index in [4.69, 9.17) is 9.47 Å². The second-order valence-electron chi connectivity index (χ2n) is 7.45. The number of benzene rings is 3. The van der Waals surface area contributed by atoms with Gasteiger partial charge < -0.3 is 14.8 Å². The molecule has 0 spiro atoms. The molecule has 0 aromatic heterocycles. The Morgan fingerprint density at radius 1 is 1.06 bits per heavy atom. The summed E-state index contributed by atoms with van der Waals surface area (Å²) in [5, 5.41) is 2.74. The first-order valence-corrected chi connectivity index (χ1v) is 11.6. The fourth-order valence-corrected chi connectivity index (χ4v) is 5.23. The average Bonchev–Trinajstić information content (AvgIpc) is 3.24. The van der Waals surface area contributed by atoms with Gasteiger partial charge in [-0.25, -0.2) is 8.42 Å². The van der Waals surface area contributed by atoms with E-state index < -0.39 is 10.0 Å². The summed E-state index contributed by atoms with van der Waals surface area (Å²) >= 11 is 0. The molecule has 0 atom stereocenters. The van der Waals surface area contributed by atoms with Gasteiger partial charge in [-0.2, -0.15) is 0 Å². The number of anilines is 2. The Hall–Kier alpha value is -3.52. The quantitative estimate of drug-likeness (QED) is 0.590. The Morgan fingerprint density at radius 2 is 1.81 bits per heavy atom. The highest BCUT2D eigenvalue weighted by atomic mass is 32.2. The van der Waals surface area contributed by atoms with Crippen LogP contribution in [0.25, 0.3) is 0 Å². The smallest absolute Gasteiger partial charge is 0.264 e. The van der Waals surface area contributed by atoms with Crippen LogP contribution in [0.3, 0.4) is 0 Å². The van der Waals surface area contributed by atoms with E-state index in [9.17, 15) is 13.2 Å². The Morgan fingerprint density at radius 3 is 2.53 bits per heavy atom. The van der Waals surface area contributed by atoms with Crippen LogP contribution in [0.15, 0.2) is 71.6 Å². The van der Waals surface area contributed by atoms with Crippen molar-refractivity contribution >= 4 is 27.3 Å². The fourth-order valence-electron chi connectivity index (χ4n) is 3.64. The molecular weight excluding hydrogens is 428 g/mol. The maximum absolute atomic E-state index is 13.2. The summed E-state index contributed by atoms with van der Waals surface area (Å²) in [5.41, 5.74) is 3.01. The Bertz CT molecular complexity index is 1240. The van der Waals surface area contributed by atoms with Crippen LogP contribution in [0.2, 0.25) is 0 Å². The number of amides is 1. The molecule has 166 valence electrons. The Labute approximate surface area is 187 Å². The molecule has 7 nitrogen and oxygen atoms in total. The maximum Gasteiger partial charge on any atom is 0.264 e. The van der Waals surface area contributed by atoms with Crippen molar-refractivity contribution in [3.05, 3.63) is 77.9 Å². The lowest BCUT2D eigenvalue weighted by atomic mass is 10.2. The largest absolute Gasteiger partial charge is 0.497 e. The number of hydrogen-bond donors (Lipinski definition) is 1. The molecule has 3 aromatic carbocycles. The van der Waals surface area contributed by atoms with Crippen LogP contribution in [0, 0.1) is 6.92 Å². The molecule has 0 bridgehead atoms. The van der Waals surface area contributed by atoms with Gasteiger partial charge in [0.15, 0.2) is 6.61 Å². The summed E-state index contributed by atoms with van der Waals surface area (Å²) in [6, 6.07) is 19.2. The first-order valence-electron chi connectivity index (χ1n) is 10.2. The molecule has 0 saturated carbocycles. The summed E-state index contributed by atoms with van der Waals surface area (Å²) in [6.07, 6.45) is 0.693. The predicted octanol–water partition coefficient (Wildman–Crippen LogP) is 3.77. The van der Waals surface area contributed by atoms with Crippen molar-refractivity contribution in [2.24, 2.45) is 0 Å². The summed E-state index contributed by atoms with van der Waals surface area (Å²) in [4.78, 5) is 12.4. The Kier molecular flexibility index (Phi) is 6.05. The zero-order chi connectivity index (χ0) is 22.7. The maximum atomic E-state index is 13.2. The van der Waals surface area contributed by atoms with Crippen LogP contribution in [0.1, 0.15) is 11.1 Å². The lowest BCUT2D eigenvalue weighted by Gasteiger charge is -2.20. The molecule has 1 heterocycles. The zero-order valence-corrected chi connectivity index (χ0v) is 18.7. The second-order valence-corrected chi connectivity index (χ2v) is 9.31. The van der Waals surface area contributed by atoms with E-state index in [1.807, 2.05) is 24.3 Å². The summed E-state index contributed by atoms with van der Waals surface area (Å²) < 4.78 is 38.5. The highest BCUT2D eigenvalue weighted by molar-refractivity contribution is 7.92. The number of sulfonamides is 1.